The fourth-order valence-corrected chi connectivity index (χ4v) is 7.54. The van der Waals surface area contributed by atoms with Crippen LogP contribution in [0, 0.1) is 22.7 Å². The molecule has 1 heterocycles. The van der Waals surface area contributed by atoms with Crippen LogP contribution in [0.15, 0.2) is 24.3 Å². The predicted octanol–water partition coefficient (Wildman–Crippen LogP) is 3.94. The monoisotopic (exact) mass is 583 g/mol. The van der Waals surface area contributed by atoms with Crippen LogP contribution in [0.4, 0.5) is 23.7 Å². The molecule has 1 saturated heterocycles. The molecule has 4 rings (SSSR count). The van der Waals surface area contributed by atoms with Gasteiger partial charge in [0, 0.05) is 43.6 Å². The zero-order valence-electron chi connectivity index (χ0n) is 23.7. The maximum absolute atomic E-state index is 13.3. The van der Waals surface area contributed by atoms with Crippen molar-refractivity contribution in [2.75, 3.05) is 25.0 Å². The molecule has 228 valence electrons. The molecule has 0 spiro atoms. The van der Waals surface area contributed by atoms with Gasteiger partial charge in [-0.3, -0.25) is 14.9 Å². The van der Waals surface area contributed by atoms with Gasteiger partial charge in [-0.1, -0.05) is 19.9 Å². The minimum atomic E-state index is -4.56. The highest BCUT2D eigenvalue weighted by Gasteiger charge is 2.60. The Morgan fingerprint density at radius 2 is 1.88 bits per heavy atom. The molecule has 1 aromatic rings. The van der Waals surface area contributed by atoms with Gasteiger partial charge in [0.2, 0.25) is 11.8 Å². The number of carbonyl (C=O) groups excluding carboxylic acids is 3. The van der Waals surface area contributed by atoms with Crippen molar-refractivity contribution >= 4 is 23.6 Å². The topological polar surface area (TPSA) is 128 Å². The van der Waals surface area contributed by atoms with Gasteiger partial charge in [0.05, 0.1) is 18.3 Å². The number of rotatable bonds is 6. The average molecular weight is 584 g/mol. The summed E-state index contributed by atoms with van der Waals surface area (Å²) in [6, 6.07) is 4.17. The van der Waals surface area contributed by atoms with Gasteiger partial charge in [-0.05, 0) is 67.6 Å². The fourth-order valence-electron chi connectivity index (χ4n) is 7.54. The maximum Gasteiger partial charge on any atom is 0.416 e. The van der Waals surface area contributed by atoms with Crippen LogP contribution < -0.4 is 10.6 Å². The third kappa shape index (κ3) is 6.48. The number of nitrogens with zero attached hydrogens (tertiary/aromatic N) is 1. The number of aliphatic hydroxyl groups excluding tert-OH is 2. The smallest absolute Gasteiger partial charge is 0.416 e. The molecule has 4 N–H and O–H groups in total. The zero-order valence-corrected chi connectivity index (χ0v) is 23.7. The van der Waals surface area contributed by atoms with Crippen LogP contribution in [-0.2, 0) is 20.5 Å². The van der Waals surface area contributed by atoms with Crippen LogP contribution in [0.3, 0.4) is 0 Å². The molecule has 3 aliphatic rings. The van der Waals surface area contributed by atoms with E-state index in [1.807, 2.05) is 13.8 Å². The van der Waals surface area contributed by atoms with Crippen LogP contribution in [0.5, 0.6) is 0 Å². The summed E-state index contributed by atoms with van der Waals surface area (Å²) in [7, 11) is 0. The highest BCUT2D eigenvalue weighted by molar-refractivity contribution is 5.85. The van der Waals surface area contributed by atoms with Crippen molar-refractivity contribution in [2.45, 2.75) is 83.7 Å². The molecule has 1 aliphatic heterocycles. The van der Waals surface area contributed by atoms with E-state index in [2.05, 4.69) is 10.6 Å². The molecule has 41 heavy (non-hydrogen) atoms. The lowest BCUT2D eigenvalue weighted by molar-refractivity contribution is -0.186. The van der Waals surface area contributed by atoms with Crippen molar-refractivity contribution in [1.29, 1.82) is 0 Å². The Hall–Kier alpha value is -2.86. The summed E-state index contributed by atoms with van der Waals surface area (Å²) in [6.45, 7) is 5.93. The number of hydrogen-bond donors (Lipinski definition) is 4. The number of likely N-dealkylation sites (tertiary alicyclic amines) is 1. The first-order valence-electron chi connectivity index (χ1n) is 14.2. The highest BCUT2D eigenvalue weighted by atomic mass is 19.4. The molecule has 3 fully saturated rings. The zero-order chi connectivity index (χ0) is 30.2. The summed E-state index contributed by atoms with van der Waals surface area (Å²) in [6.07, 6.45) is -4.25. The number of hydrogen-bond acceptors (Lipinski definition) is 6. The Labute approximate surface area is 237 Å². The highest BCUT2D eigenvalue weighted by Crippen LogP contribution is 2.61. The minimum Gasteiger partial charge on any atom is -0.445 e. The van der Waals surface area contributed by atoms with E-state index in [4.69, 9.17) is 4.74 Å². The number of alkyl halides is 3. The lowest BCUT2D eigenvalue weighted by atomic mass is 9.46. The lowest BCUT2D eigenvalue weighted by Gasteiger charge is -2.60. The number of benzene rings is 1. The standard InChI is InChI=1S/C29H40F3N3O6/c1-17(37)33-20-10-12-35(15-20)25(39)14-21-22(38)7-8-23-27(21,2)11-9-24(28(23,3)16-36)41-26(40)34-19-6-4-5-18(13-19)29(30,31)32/h4-6,13,20-24,36,38H,7-12,14-16H2,1-3H3,(H,33,37)(H,34,40)/t20-,21+,22+,23+,24+,27-,28-/m0/s1. The Bertz CT molecular complexity index is 1150. The van der Waals surface area contributed by atoms with E-state index in [1.165, 1.54) is 19.1 Å². The molecular formula is C29H40F3N3O6. The van der Waals surface area contributed by atoms with E-state index >= 15 is 0 Å². The number of fused-ring (bicyclic) bond motifs is 1. The molecule has 0 bridgehead atoms. The first-order chi connectivity index (χ1) is 19.2. The summed E-state index contributed by atoms with van der Waals surface area (Å²) in [5.41, 5.74) is -2.38. The number of carbonyl (C=O) groups is 3. The van der Waals surface area contributed by atoms with Crippen molar-refractivity contribution < 1.29 is 42.5 Å². The van der Waals surface area contributed by atoms with Crippen LogP contribution in [0.2, 0.25) is 0 Å². The SMILES string of the molecule is CC(=O)N[C@H]1CCN(C(=O)C[C@@H]2[C@H](O)CC[C@H]3[C@](C)(CO)[C@H](OC(=O)Nc4cccc(C(F)(F)F)c4)CC[C@]32C)C1. The van der Waals surface area contributed by atoms with E-state index in [1.54, 1.807) is 4.90 Å². The van der Waals surface area contributed by atoms with E-state index in [-0.39, 0.29) is 48.4 Å². The number of ether oxygens (including phenoxy) is 1. The molecule has 0 unspecified atom stereocenters. The molecule has 0 radical (unpaired) electrons. The van der Waals surface area contributed by atoms with Crippen molar-refractivity contribution in [3.63, 3.8) is 0 Å². The number of aliphatic hydroxyl groups is 2. The van der Waals surface area contributed by atoms with E-state index in [9.17, 15) is 37.8 Å². The van der Waals surface area contributed by atoms with Crippen LogP contribution >= 0.6 is 0 Å². The summed E-state index contributed by atoms with van der Waals surface area (Å²) >= 11 is 0. The molecule has 0 aromatic heterocycles. The predicted molar refractivity (Wildman–Crippen MR) is 144 cm³/mol. The number of halogens is 3. The van der Waals surface area contributed by atoms with Crippen molar-refractivity contribution in [1.82, 2.24) is 10.2 Å². The van der Waals surface area contributed by atoms with Crippen LogP contribution in [0.1, 0.15) is 64.9 Å². The van der Waals surface area contributed by atoms with Gasteiger partial charge in [0.25, 0.3) is 0 Å². The second-order valence-corrected chi connectivity index (χ2v) is 12.3. The molecule has 1 aromatic carbocycles. The number of nitrogens with one attached hydrogen (secondary N) is 2. The largest absolute Gasteiger partial charge is 0.445 e. The van der Waals surface area contributed by atoms with Crippen molar-refractivity contribution in [3.05, 3.63) is 29.8 Å². The summed E-state index contributed by atoms with van der Waals surface area (Å²) in [5, 5.41) is 26.9. The van der Waals surface area contributed by atoms with Crippen LogP contribution in [0.25, 0.3) is 0 Å². The Kier molecular flexibility index (Phi) is 8.94. The van der Waals surface area contributed by atoms with Gasteiger partial charge in [-0.25, -0.2) is 4.79 Å². The molecule has 7 atom stereocenters. The molecule has 2 saturated carbocycles. The van der Waals surface area contributed by atoms with E-state index in [0.29, 0.717) is 45.2 Å². The van der Waals surface area contributed by atoms with Gasteiger partial charge in [0.1, 0.15) is 6.10 Å². The first kappa shape index (κ1) is 31.1. The Balaban J connectivity index is 1.46. The molecule has 3 amide bonds. The lowest BCUT2D eigenvalue weighted by Crippen LogP contribution is -2.61. The van der Waals surface area contributed by atoms with Crippen LogP contribution in [-0.4, -0.2) is 71.0 Å². The molecule has 2 aliphatic carbocycles. The summed E-state index contributed by atoms with van der Waals surface area (Å²) in [4.78, 5) is 39.2. The third-order valence-corrected chi connectivity index (χ3v) is 9.70. The van der Waals surface area contributed by atoms with Gasteiger partial charge < -0.3 is 25.2 Å². The second kappa shape index (κ2) is 11.8. The maximum atomic E-state index is 13.3. The first-order valence-corrected chi connectivity index (χ1v) is 14.2. The van der Waals surface area contributed by atoms with Gasteiger partial charge in [-0.15, -0.1) is 0 Å². The minimum absolute atomic E-state index is 0.0572. The summed E-state index contributed by atoms with van der Waals surface area (Å²) < 4.78 is 45.0. The van der Waals surface area contributed by atoms with E-state index < -0.39 is 40.9 Å². The molecule has 12 heteroatoms. The van der Waals surface area contributed by atoms with Gasteiger partial charge in [-0.2, -0.15) is 13.2 Å². The normalized spacial score (nSPS) is 33.6. The fraction of sp³-hybridized carbons (Fsp3) is 0.690. The van der Waals surface area contributed by atoms with Gasteiger partial charge >= 0.3 is 12.3 Å². The number of anilines is 1. The Morgan fingerprint density at radius 1 is 1.15 bits per heavy atom. The summed E-state index contributed by atoms with van der Waals surface area (Å²) in [5.74, 6) is -0.798. The van der Waals surface area contributed by atoms with Gasteiger partial charge in [0.15, 0.2) is 0 Å². The molecular weight excluding hydrogens is 543 g/mol. The molecule has 9 nitrogen and oxygen atoms in total. The van der Waals surface area contributed by atoms with Crippen molar-refractivity contribution in [3.8, 4) is 0 Å². The third-order valence-electron chi connectivity index (χ3n) is 9.70. The van der Waals surface area contributed by atoms with Crippen molar-refractivity contribution in [2.24, 2.45) is 22.7 Å². The Morgan fingerprint density at radius 3 is 2.54 bits per heavy atom. The second-order valence-electron chi connectivity index (χ2n) is 12.3. The number of amides is 3. The van der Waals surface area contributed by atoms with E-state index in [0.717, 1.165) is 12.1 Å². The quantitative estimate of drug-likeness (QED) is 0.402. The average Bonchev–Trinajstić information content (AvgIpc) is 3.35.